The van der Waals surface area contributed by atoms with Gasteiger partial charge in [-0.25, -0.2) is 9.89 Å². The predicted octanol–water partition coefficient (Wildman–Crippen LogP) is 2.15. The van der Waals surface area contributed by atoms with Crippen molar-refractivity contribution in [1.82, 2.24) is 14.8 Å². The van der Waals surface area contributed by atoms with Gasteiger partial charge in [0.2, 0.25) is 0 Å². The second-order valence-corrected chi connectivity index (χ2v) is 4.20. The zero-order chi connectivity index (χ0) is 11.7. The summed E-state index contributed by atoms with van der Waals surface area (Å²) in [6.45, 7) is 3.98. The van der Waals surface area contributed by atoms with Crippen LogP contribution in [0.2, 0.25) is 0 Å². The van der Waals surface area contributed by atoms with Crippen molar-refractivity contribution in [3.05, 3.63) is 50.6 Å². The third-order valence-corrected chi connectivity index (χ3v) is 2.96. The Kier molecular flexibility index (Phi) is 2.78. The van der Waals surface area contributed by atoms with E-state index in [1.54, 1.807) is 0 Å². The quantitative estimate of drug-likeness (QED) is 0.784. The van der Waals surface area contributed by atoms with Crippen LogP contribution in [-0.4, -0.2) is 14.8 Å². The molecule has 0 aliphatic rings. The fourth-order valence-electron chi connectivity index (χ4n) is 1.67. The molecule has 0 spiro atoms. The third kappa shape index (κ3) is 1.86. The van der Waals surface area contributed by atoms with Gasteiger partial charge in [-0.3, -0.25) is 9.67 Å². The number of hydrogen-bond donors (Lipinski definition) is 2. The van der Waals surface area contributed by atoms with Crippen molar-refractivity contribution in [3.8, 4) is 0 Å². The fourth-order valence-corrected chi connectivity index (χ4v) is 1.96. The smallest absolute Gasteiger partial charge is 0.272 e. The van der Waals surface area contributed by atoms with E-state index in [0.29, 0.717) is 4.77 Å². The molecule has 0 saturated heterocycles. The van der Waals surface area contributed by atoms with E-state index >= 15 is 0 Å². The predicted molar refractivity (Wildman–Crippen MR) is 65.2 cm³/mol. The van der Waals surface area contributed by atoms with Gasteiger partial charge in [0.1, 0.15) is 0 Å². The van der Waals surface area contributed by atoms with Gasteiger partial charge in [0.05, 0.1) is 6.04 Å². The molecule has 0 saturated carbocycles. The van der Waals surface area contributed by atoms with Crippen molar-refractivity contribution in [2.75, 3.05) is 0 Å². The van der Waals surface area contributed by atoms with E-state index in [1.807, 2.05) is 38.1 Å². The van der Waals surface area contributed by atoms with Crippen molar-refractivity contribution in [2.24, 2.45) is 0 Å². The second kappa shape index (κ2) is 4.09. The van der Waals surface area contributed by atoms with Crippen LogP contribution in [0, 0.1) is 11.7 Å². The Hall–Kier alpha value is -1.62. The fraction of sp³-hybridized carbons (Fsp3) is 0.273. The number of aryl methyl sites for hydroxylation is 1. The SMILES string of the molecule is Cc1ccc(C(C)n2c(=O)[nH][nH]c2=S)cc1. The topological polar surface area (TPSA) is 53.6 Å². The zero-order valence-electron chi connectivity index (χ0n) is 9.15. The number of nitrogens with zero attached hydrogens (tertiary/aromatic N) is 1. The van der Waals surface area contributed by atoms with Crippen molar-refractivity contribution in [1.29, 1.82) is 0 Å². The molecule has 1 aromatic heterocycles. The Balaban J connectivity index is 2.47. The molecule has 2 N–H and O–H groups in total. The molecule has 0 amide bonds. The Bertz CT molecular complexity index is 563. The van der Waals surface area contributed by atoms with Crippen LogP contribution >= 0.6 is 12.2 Å². The maximum Gasteiger partial charge on any atom is 0.342 e. The highest BCUT2D eigenvalue weighted by Crippen LogP contribution is 2.16. The molecular weight excluding hydrogens is 222 g/mol. The van der Waals surface area contributed by atoms with Crippen LogP contribution in [0.15, 0.2) is 29.1 Å². The summed E-state index contributed by atoms with van der Waals surface area (Å²) in [6, 6.07) is 8.00. The molecule has 1 unspecified atom stereocenters. The molecule has 0 fully saturated rings. The Morgan fingerprint density at radius 1 is 1.25 bits per heavy atom. The Morgan fingerprint density at radius 2 is 1.88 bits per heavy atom. The molecule has 0 radical (unpaired) electrons. The lowest BCUT2D eigenvalue weighted by Gasteiger charge is -2.12. The largest absolute Gasteiger partial charge is 0.342 e. The number of hydrogen-bond acceptors (Lipinski definition) is 2. The summed E-state index contributed by atoms with van der Waals surface area (Å²) in [7, 11) is 0. The van der Waals surface area contributed by atoms with Gasteiger partial charge >= 0.3 is 5.69 Å². The molecular formula is C11H13N3OS. The number of aromatic amines is 2. The third-order valence-electron chi connectivity index (χ3n) is 2.66. The van der Waals surface area contributed by atoms with Crippen LogP contribution in [0.4, 0.5) is 0 Å². The van der Waals surface area contributed by atoms with Crippen molar-refractivity contribution >= 4 is 12.2 Å². The van der Waals surface area contributed by atoms with Crippen molar-refractivity contribution in [2.45, 2.75) is 19.9 Å². The molecule has 16 heavy (non-hydrogen) atoms. The first kappa shape index (κ1) is 10.9. The molecule has 5 heteroatoms. The van der Waals surface area contributed by atoms with E-state index in [4.69, 9.17) is 12.2 Å². The van der Waals surface area contributed by atoms with E-state index in [0.717, 1.165) is 5.56 Å². The van der Waals surface area contributed by atoms with Crippen molar-refractivity contribution in [3.63, 3.8) is 0 Å². The van der Waals surface area contributed by atoms with Gasteiger partial charge < -0.3 is 0 Å². The van der Waals surface area contributed by atoms with E-state index in [1.165, 1.54) is 10.1 Å². The first-order valence-electron chi connectivity index (χ1n) is 5.05. The van der Waals surface area contributed by atoms with Gasteiger partial charge in [-0.15, -0.1) is 0 Å². The van der Waals surface area contributed by atoms with Gasteiger partial charge in [-0.1, -0.05) is 29.8 Å². The Morgan fingerprint density at radius 3 is 2.38 bits per heavy atom. The van der Waals surface area contributed by atoms with Crippen LogP contribution in [0.5, 0.6) is 0 Å². The summed E-state index contributed by atoms with van der Waals surface area (Å²) in [5.41, 5.74) is 2.05. The van der Waals surface area contributed by atoms with Crippen LogP contribution in [0.25, 0.3) is 0 Å². The van der Waals surface area contributed by atoms with Gasteiger partial charge in [-0.2, -0.15) is 0 Å². The molecule has 1 aromatic carbocycles. The van der Waals surface area contributed by atoms with Crippen LogP contribution in [-0.2, 0) is 0 Å². The van der Waals surface area contributed by atoms with E-state index in [9.17, 15) is 4.79 Å². The molecule has 1 heterocycles. The van der Waals surface area contributed by atoms with Gasteiger partial charge in [0.15, 0.2) is 4.77 Å². The normalized spacial score (nSPS) is 12.6. The minimum atomic E-state index is -0.210. The summed E-state index contributed by atoms with van der Waals surface area (Å²) in [4.78, 5) is 11.5. The van der Waals surface area contributed by atoms with Gasteiger partial charge in [0.25, 0.3) is 0 Å². The number of rotatable bonds is 2. The monoisotopic (exact) mass is 235 g/mol. The van der Waals surface area contributed by atoms with Gasteiger partial charge in [-0.05, 0) is 31.6 Å². The lowest BCUT2D eigenvalue weighted by Crippen LogP contribution is -2.21. The van der Waals surface area contributed by atoms with E-state index in [-0.39, 0.29) is 11.7 Å². The van der Waals surface area contributed by atoms with Crippen LogP contribution in [0.1, 0.15) is 24.1 Å². The van der Waals surface area contributed by atoms with Crippen LogP contribution in [0.3, 0.4) is 0 Å². The summed E-state index contributed by atoms with van der Waals surface area (Å²) in [6.07, 6.45) is 0. The van der Waals surface area contributed by atoms with Crippen LogP contribution < -0.4 is 5.69 Å². The molecule has 2 rings (SSSR count). The molecule has 1 atom stereocenters. The number of aromatic nitrogens is 3. The lowest BCUT2D eigenvalue weighted by molar-refractivity contribution is 0.608. The summed E-state index contributed by atoms with van der Waals surface area (Å²) in [5, 5.41) is 5.12. The summed E-state index contributed by atoms with van der Waals surface area (Å²) >= 11 is 5.05. The summed E-state index contributed by atoms with van der Waals surface area (Å²) in [5.74, 6) is 0. The number of benzene rings is 1. The molecule has 84 valence electrons. The molecule has 0 bridgehead atoms. The molecule has 0 aliphatic heterocycles. The van der Waals surface area contributed by atoms with Crippen molar-refractivity contribution < 1.29 is 0 Å². The minimum absolute atomic E-state index is 0.0666. The van der Waals surface area contributed by atoms with E-state index < -0.39 is 0 Å². The number of H-pyrrole nitrogens is 2. The zero-order valence-corrected chi connectivity index (χ0v) is 9.97. The average molecular weight is 235 g/mol. The standard InChI is InChI=1S/C11H13N3OS/c1-7-3-5-9(6-4-7)8(2)14-10(15)12-13-11(14)16/h3-6,8H,1-2H3,(H,12,15)(H,13,16). The highest BCUT2D eigenvalue weighted by molar-refractivity contribution is 7.71. The molecule has 2 aromatic rings. The number of nitrogens with one attached hydrogen (secondary N) is 2. The van der Waals surface area contributed by atoms with Gasteiger partial charge in [0, 0.05) is 0 Å². The highest BCUT2D eigenvalue weighted by atomic mass is 32.1. The van der Waals surface area contributed by atoms with E-state index in [2.05, 4.69) is 10.2 Å². The summed E-state index contributed by atoms with van der Waals surface area (Å²) < 4.78 is 1.94. The average Bonchev–Trinajstić information content (AvgIpc) is 2.59. The molecule has 0 aliphatic carbocycles. The lowest BCUT2D eigenvalue weighted by atomic mass is 10.1. The molecule has 4 nitrogen and oxygen atoms in total. The first-order chi connectivity index (χ1) is 7.59. The highest BCUT2D eigenvalue weighted by Gasteiger charge is 2.11. The maximum atomic E-state index is 11.5. The maximum absolute atomic E-state index is 11.5. The Labute approximate surface area is 97.9 Å². The first-order valence-corrected chi connectivity index (χ1v) is 5.46. The minimum Gasteiger partial charge on any atom is -0.272 e. The second-order valence-electron chi connectivity index (χ2n) is 3.82.